The molecule has 3 aromatic rings. The molecule has 0 fully saturated rings. The average molecular weight is 185 g/mol. The number of aromatic amines is 1. The highest BCUT2D eigenvalue weighted by Gasteiger charge is 2.08. The van der Waals surface area contributed by atoms with Crippen LogP contribution >= 0.6 is 0 Å². The lowest BCUT2D eigenvalue weighted by molar-refractivity contribution is 0.575. The second-order valence-corrected chi connectivity index (χ2v) is 2.94. The molecule has 14 heavy (non-hydrogen) atoms. The Morgan fingerprint density at radius 2 is 2.21 bits per heavy atom. The number of hydrogen-bond donors (Lipinski definition) is 1. The summed E-state index contributed by atoms with van der Waals surface area (Å²) in [4.78, 5) is 11.4. The molecule has 0 bridgehead atoms. The molecule has 0 aliphatic rings. The number of hydrogen-bond acceptors (Lipinski definition) is 3. The lowest BCUT2D eigenvalue weighted by Gasteiger charge is -1.95. The first-order valence-corrected chi connectivity index (χ1v) is 4.27. The van der Waals surface area contributed by atoms with Crippen molar-refractivity contribution in [2.75, 3.05) is 0 Å². The van der Waals surface area contributed by atoms with Crippen LogP contribution in [0.25, 0.3) is 22.5 Å². The second kappa shape index (κ2) is 2.70. The van der Waals surface area contributed by atoms with Crippen molar-refractivity contribution in [2.45, 2.75) is 0 Å². The number of rotatable bonds is 1. The van der Waals surface area contributed by atoms with Crippen LogP contribution in [0.15, 0.2) is 41.4 Å². The van der Waals surface area contributed by atoms with E-state index in [4.69, 9.17) is 4.42 Å². The van der Waals surface area contributed by atoms with Crippen molar-refractivity contribution in [2.24, 2.45) is 0 Å². The number of aromatic nitrogens is 3. The van der Waals surface area contributed by atoms with Gasteiger partial charge in [0.15, 0.2) is 0 Å². The first-order valence-electron chi connectivity index (χ1n) is 4.27. The van der Waals surface area contributed by atoms with Gasteiger partial charge in [-0.3, -0.25) is 0 Å². The highest BCUT2D eigenvalue weighted by atomic mass is 16.3. The van der Waals surface area contributed by atoms with E-state index in [1.54, 1.807) is 18.8 Å². The van der Waals surface area contributed by atoms with Crippen LogP contribution in [-0.4, -0.2) is 15.0 Å². The van der Waals surface area contributed by atoms with E-state index in [1.165, 1.54) is 0 Å². The van der Waals surface area contributed by atoms with E-state index in [9.17, 15) is 0 Å². The highest BCUT2D eigenvalue weighted by Crippen LogP contribution is 2.24. The monoisotopic (exact) mass is 185 g/mol. The molecule has 0 amide bonds. The first kappa shape index (κ1) is 7.32. The van der Waals surface area contributed by atoms with E-state index in [-0.39, 0.29) is 0 Å². The second-order valence-electron chi connectivity index (χ2n) is 2.94. The molecular formula is C10H7N3O. The summed E-state index contributed by atoms with van der Waals surface area (Å²) >= 11 is 0. The number of nitrogens with zero attached hydrogens (tertiary/aromatic N) is 2. The van der Waals surface area contributed by atoms with Gasteiger partial charge in [-0.05, 0) is 12.1 Å². The van der Waals surface area contributed by atoms with Crippen molar-refractivity contribution in [1.82, 2.24) is 15.0 Å². The minimum atomic E-state index is 0.600. The molecule has 0 unspecified atom stereocenters. The third kappa shape index (κ3) is 0.939. The average Bonchev–Trinajstić information content (AvgIpc) is 2.88. The maximum absolute atomic E-state index is 5.23. The molecule has 0 saturated heterocycles. The van der Waals surface area contributed by atoms with Crippen LogP contribution in [0.1, 0.15) is 0 Å². The minimum absolute atomic E-state index is 0.600. The number of benzene rings is 1. The van der Waals surface area contributed by atoms with Gasteiger partial charge in [-0.2, -0.15) is 0 Å². The molecule has 3 rings (SSSR count). The summed E-state index contributed by atoms with van der Waals surface area (Å²) in [5.41, 5.74) is 2.78. The van der Waals surface area contributed by atoms with Gasteiger partial charge in [-0.1, -0.05) is 6.07 Å². The van der Waals surface area contributed by atoms with Crippen molar-refractivity contribution in [3.05, 3.63) is 37.0 Å². The zero-order valence-electron chi connectivity index (χ0n) is 7.27. The molecule has 2 aromatic heterocycles. The summed E-state index contributed by atoms with van der Waals surface area (Å²) in [5.74, 6) is 0.600. The fourth-order valence-electron chi connectivity index (χ4n) is 1.49. The normalized spacial score (nSPS) is 10.9. The highest BCUT2D eigenvalue weighted by molar-refractivity contribution is 5.88. The zero-order chi connectivity index (χ0) is 9.38. The first-order chi connectivity index (χ1) is 6.95. The zero-order valence-corrected chi connectivity index (χ0v) is 7.27. The number of nitrogens with one attached hydrogen (secondary N) is 1. The quantitative estimate of drug-likeness (QED) is 0.632. The van der Waals surface area contributed by atoms with Crippen LogP contribution in [0.2, 0.25) is 0 Å². The van der Waals surface area contributed by atoms with E-state index in [2.05, 4.69) is 15.0 Å². The Labute approximate surface area is 79.6 Å². The number of para-hydroxylation sites is 1. The van der Waals surface area contributed by atoms with Gasteiger partial charge in [0.25, 0.3) is 0 Å². The van der Waals surface area contributed by atoms with Crippen molar-refractivity contribution >= 4 is 11.0 Å². The predicted octanol–water partition coefficient (Wildman–Crippen LogP) is 2.22. The minimum Gasteiger partial charge on any atom is -0.444 e. The van der Waals surface area contributed by atoms with Gasteiger partial charge in [-0.15, -0.1) is 0 Å². The molecule has 4 heteroatoms. The SMILES string of the molecule is c1cc(-c2ncco2)c2nc[nH]c2c1. The van der Waals surface area contributed by atoms with Gasteiger partial charge >= 0.3 is 0 Å². The molecule has 0 saturated carbocycles. The number of H-pyrrole nitrogens is 1. The van der Waals surface area contributed by atoms with E-state index >= 15 is 0 Å². The van der Waals surface area contributed by atoms with Crippen LogP contribution in [0.5, 0.6) is 0 Å². The molecular weight excluding hydrogens is 178 g/mol. The smallest absolute Gasteiger partial charge is 0.228 e. The molecule has 68 valence electrons. The van der Waals surface area contributed by atoms with Crippen LogP contribution in [0.4, 0.5) is 0 Å². The van der Waals surface area contributed by atoms with Gasteiger partial charge in [0.05, 0.1) is 23.6 Å². The Hall–Kier alpha value is -2.10. The lowest BCUT2D eigenvalue weighted by atomic mass is 10.2. The standard InChI is InChI=1S/C10H7N3O/c1-2-7(10-11-4-5-14-10)9-8(3-1)12-6-13-9/h1-6H,(H,12,13). The summed E-state index contributed by atoms with van der Waals surface area (Å²) in [7, 11) is 0. The molecule has 0 spiro atoms. The summed E-state index contributed by atoms with van der Waals surface area (Å²) in [5, 5.41) is 0. The Balaban J connectivity index is 2.36. The molecule has 0 aliphatic carbocycles. The van der Waals surface area contributed by atoms with E-state index in [0.29, 0.717) is 5.89 Å². The fraction of sp³-hybridized carbons (Fsp3) is 0. The van der Waals surface area contributed by atoms with Crippen LogP contribution in [0.3, 0.4) is 0 Å². The summed E-state index contributed by atoms with van der Waals surface area (Å²) in [6, 6.07) is 5.85. The van der Waals surface area contributed by atoms with Crippen molar-refractivity contribution in [3.8, 4) is 11.5 Å². The Morgan fingerprint density at radius 3 is 3.07 bits per heavy atom. The van der Waals surface area contributed by atoms with Gasteiger partial charge in [0, 0.05) is 0 Å². The summed E-state index contributed by atoms with van der Waals surface area (Å²) < 4.78 is 5.23. The summed E-state index contributed by atoms with van der Waals surface area (Å²) in [6.07, 6.45) is 4.85. The van der Waals surface area contributed by atoms with Gasteiger partial charge < -0.3 is 9.40 Å². The molecule has 1 aromatic carbocycles. The summed E-state index contributed by atoms with van der Waals surface area (Å²) in [6.45, 7) is 0. The molecule has 2 heterocycles. The third-order valence-corrected chi connectivity index (χ3v) is 2.11. The van der Waals surface area contributed by atoms with Crippen molar-refractivity contribution in [3.63, 3.8) is 0 Å². The van der Waals surface area contributed by atoms with Crippen molar-refractivity contribution in [1.29, 1.82) is 0 Å². The van der Waals surface area contributed by atoms with Crippen LogP contribution < -0.4 is 0 Å². The lowest BCUT2D eigenvalue weighted by Crippen LogP contribution is -1.79. The molecule has 0 atom stereocenters. The third-order valence-electron chi connectivity index (χ3n) is 2.11. The molecule has 1 N–H and O–H groups in total. The van der Waals surface area contributed by atoms with Crippen molar-refractivity contribution < 1.29 is 4.42 Å². The maximum Gasteiger partial charge on any atom is 0.228 e. The number of imidazole rings is 1. The van der Waals surface area contributed by atoms with E-state index in [0.717, 1.165) is 16.6 Å². The largest absolute Gasteiger partial charge is 0.444 e. The fourth-order valence-corrected chi connectivity index (χ4v) is 1.49. The van der Waals surface area contributed by atoms with Gasteiger partial charge in [-0.25, -0.2) is 9.97 Å². The molecule has 0 radical (unpaired) electrons. The topological polar surface area (TPSA) is 54.7 Å². The van der Waals surface area contributed by atoms with Gasteiger partial charge in [0.1, 0.15) is 11.8 Å². The number of fused-ring (bicyclic) bond motifs is 1. The molecule has 4 nitrogen and oxygen atoms in total. The maximum atomic E-state index is 5.23. The number of oxazole rings is 1. The molecule has 0 aliphatic heterocycles. The Kier molecular flexibility index (Phi) is 1.41. The van der Waals surface area contributed by atoms with Gasteiger partial charge in [0.2, 0.25) is 5.89 Å². The predicted molar refractivity (Wildman–Crippen MR) is 51.6 cm³/mol. The Bertz CT molecular complexity index is 554. The van der Waals surface area contributed by atoms with Crippen LogP contribution in [-0.2, 0) is 0 Å². The Morgan fingerprint density at radius 1 is 1.21 bits per heavy atom. The van der Waals surface area contributed by atoms with E-state index in [1.807, 2.05) is 18.2 Å². The van der Waals surface area contributed by atoms with Crippen LogP contribution in [0, 0.1) is 0 Å². The van der Waals surface area contributed by atoms with E-state index < -0.39 is 0 Å².